The zero-order valence-corrected chi connectivity index (χ0v) is 9.48. The van der Waals surface area contributed by atoms with Crippen LogP contribution in [-0.4, -0.2) is 19.2 Å². The van der Waals surface area contributed by atoms with E-state index in [1.54, 1.807) is 6.07 Å². The Hall–Kier alpha value is -1.71. The van der Waals surface area contributed by atoms with Crippen LogP contribution in [0.3, 0.4) is 0 Å². The van der Waals surface area contributed by atoms with E-state index in [0.29, 0.717) is 30.5 Å². The van der Waals surface area contributed by atoms with Gasteiger partial charge in [0.05, 0.1) is 6.61 Å². The van der Waals surface area contributed by atoms with E-state index >= 15 is 0 Å². The molecule has 0 N–H and O–H groups in total. The standard InChI is InChI=1S/C13H14O4/c14-11(9-1-2-9)5-6-15-10-3-4-12-13(7-10)17-8-16-12/h3-4,7,9H,1-2,5-6,8H2. The number of ketones is 1. The van der Waals surface area contributed by atoms with Crippen molar-refractivity contribution in [3.05, 3.63) is 18.2 Å². The van der Waals surface area contributed by atoms with Crippen molar-refractivity contribution in [3.8, 4) is 17.2 Å². The minimum atomic E-state index is 0.263. The van der Waals surface area contributed by atoms with E-state index in [9.17, 15) is 4.79 Å². The lowest BCUT2D eigenvalue weighted by Gasteiger charge is -2.06. The molecule has 2 aliphatic rings. The van der Waals surface area contributed by atoms with Gasteiger partial charge in [-0.05, 0) is 25.0 Å². The smallest absolute Gasteiger partial charge is 0.231 e. The Morgan fingerprint density at radius 1 is 1.29 bits per heavy atom. The zero-order valence-electron chi connectivity index (χ0n) is 9.48. The molecule has 0 atom stereocenters. The van der Waals surface area contributed by atoms with Gasteiger partial charge in [-0.25, -0.2) is 0 Å². The molecule has 0 saturated heterocycles. The monoisotopic (exact) mass is 234 g/mol. The Kier molecular flexibility index (Phi) is 2.63. The predicted molar refractivity (Wildman–Crippen MR) is 60.4 cm³/mol. The highest BCUT2D eigenvalue weighted by molar-refractivity contribution is 5.83. The summed E-state index contributed by atoms with van der Waals surface area (Å²) in [6, 6.07) is 5.44. The molecule has 17 heavy (non-hydrogen) atoms. The van der Waals surface area contributed by atoms with Crippen LogP contribution in [0.1, 0.15) is 19.3 Å². The van der Waals surface area contributed by atoms with Gasteiger partial charge in [-0.2, -0.15) is 0 Å². The fourth-order valence-electron chi connectivity index (χ4n) is 1.85. The molecule has 1 aromatic rings. The molecule has 90 valence electrons. The summed E-state index contributed by atoms with van der Waals surface area (Å²) in [5, 5.41) is 0. The summed E-state index contributed by atoms with van der Waals surface area (Å²) < 4.78 is 16.0. The topological polar surface area (TPSA) is 44.8 Å². The quantitative estimate of drug-likeness (QED) is 0.783. The van der Waals surface area contributed by atoms with Crippen molar-refractivity contribution in [3.63, 3.8) is 0 Å². The van der Waals surface area contributed by atoms with E-state index in [1.165, 1.54) is 0 Å². The van der Waals surface area contributed by atoms with Gasteiger partial charge in [-0.15, -0.1) is 0 Å². The van der Waals surface area contributed by atoms with Crippen molar-refractivity contribution in [2.45, 2.75) is 19.3 Å². The minimum Gasteiger partial charge on any atom is -0.493 e. The number of fused-ring (bicyclic) bond motifs is 1. The lowest BCUT2D eigenvalue weighted by atomic mass is 10.2. The Bertz CT molecular complexity index is 437. The average molecular weight is 234 g/mol. The van der Waals surface area contributed by atoms with E-state index in [1.807, 2.05) is 12.1 Å². The largest absolute Gasteiger partial charge is 0.493 e. The second kappa shape index (κ2) is 4.28. The molecule has 1 aromatic carbocycles. The summed E-state index contributed by atoms with van der Waals surface area (Å²) in [6.45, 7) is 0.702. The number of hydrogen-bond donors (Lipinski definition) is 0. The van der Waals surface area contributed by atoms with Gasteiger partial charge in [0, 0.05) is 18.4 Å². The van der Waals surface area contributed by atoms with Gasteiger partial charge < -0.3 is 14.2 Å². The Morgan fingerprint density at radius 3 is 2.94 bits per heavy atom. The summed E-state index contributed by atoms with van der Waals surface area (Å²) in [6.07, 6.45) is 2.62. The van der Waals surface area contributed by atoms with Gasteiger partial charge in [0.2, 0.25) is 6.79 Å². The van der Waals surface area contributed by atoms with E-state index < -0.39 is 0 Å². The summed E-state index contributed by atoms with van der Waals surface area (Å²) in [4.78, 5) is 11.5. The number of Topliss-reactive ketones (excluding diaryl/α,β-unsaturated/α-hetero) is 1. The maximum absolute atomic E-state index is 11.5. The third-order valence-corrected chi connectivity index (χ3v) is 2.99. The molecule has 4 nitrogen and oxygen atoms in total. The molecule has 0 unspecified atom stereocenters. The number of carbonyl (C=O) groups excluding carboxylic acids is 1. The second-order valence-electron chi connectivity index (χ2n) is 4.35. The molecule has 1 aliphatic carbocycles. The first-order valence-electron chi connectivity index (χ1n) is 5.88. The molecule has 0 aromatic heterocycles. The molecule has 0 bridgehead atoms. The molecule has 1 saturated carbocycles. The molecule has 3 rings (SSSR count). The van der Waals surface area contributed by atoms with Crippen LogP contribution < -0.4 is 14.2 Å². The number of ether oxygens (including phenoxy) is 3. The third-order valence-electron chi connectivity index (χ3n) is 2.99. The van der Waals surface area contributed by atoms with Gasteiger partial charge in [-0.3, -0.25) is 4.79 Å². The highest BCUT2D eigenvalue weighted by atomic mass is 16.7. The number of benzene rings is 1. The Balaban J connectivity index is 1.52. The first-order valence-corrected chi connectivity index (χ1v) is 5.88. The highest BCUT2D eigenvalue weighted by Gasteiger charge is 2.28. The summed E-state index contributed by atoms with van der Waals surface area (Å²) in [5.74, 6) is 2.81. The fraction of sp³-hybridized carbons (Fsp3) is 0.462. The van der Waals surface area contributed by atoms with Crippen LogP contribution in [0, 0.1) is 5.92 Å². The van der Waals surface area contributed by atoms with Crippen molar-refractivity contribution in [2.24, 2.45) is 5.92 Å². The van der Waals surface area contributed by atoms with Crippen LogP contribution in [-0.2, 0) is 4.79 Å². The molecule has 0 spiro atoms. The number of carbonyl (C=O) groups is 1. The molecule has 4 heteroatoms. The maximum atomic E-state index is 11.5. The van der Waals surface area contributed by atoms with E-state index in [2.05, 4.69) is 0 Å². The summed E-state index contributed by atoms with van der Waals surface area (Å²) in [5.41, 5.74) is 0. The summed E-state index contributed by atoms with van der Waals surface area (Å²) >= 11 is 0. The van der Waals surface area contributed by atoms with Crippen molar-refractivity contribution in [2.75, 3.05) is 13.4 Å². The molecule has 1 fully saturated rings. The van der Waals surface area contributed by atoms with Gasteiger partial charge in [0.1, 0.15) is 11.5 Å². The lowest BCUT2D eigenvalue weighted by Crippen LogP contribution is -2.07. The Labute approximate surface area is 99.5 Å². The van der Waals surface area contributed by atoms with Gasteiger partial charge >= 0.3 is 0 Å². The normalized spacial score (nSPS) is 16.9. The number of rotatable bonds is 5. The molecule has 0 radical (unpaired) electrons. The first kappa shape index (κ1) is 10.4. The van der Waals surface area contributed by atoms with Crippen LogP contribution in [0.25, 0.3) is 0 Å². The SMILES string of the molecule is O=C(CCOc1ccc2c(c1)OCO2)C1CC1. The van der Waals surface area contributed by atoms with Crippen molar-refractivity contribution >= 4 is 5.78 Å². The van der Waals surface area contributed by atoms with Crippen LogP contribution in [0.5, 0.6) is 17.2 Å². The molecule has 0 amide bonds. The molecular weight excluding hydrogens is 220 g/mol. The summed E-state index contributed by atoms with van der Waals surface area (Å²) in [7, 11) is 0. The number of hydrogen-bond acceptors (Lipinski definition) is 4. The minimum absolute atomic E-state index is 0.263. The first-order chi connectivity index (χ1) is 8.33. The van der Waals surface area contributed by atoms with Crippen molar-refractivity contribution in [1.29, 1.82) is 0 Å². The van der Waals surface area contributed by atoms with Crippen molar-refractivity contribution < 1.29 is 19.0 Å². The molecule has 1 heterocycles. The molecule has 1 aliphatic heterocycles. The van der Waals surface area contributed by atoms with E-state index in [4.69, 9.17) is 14.2 Å². The molecular formula is C13H14O4. The van der Waals surface area contributed by atoms with Crippen LogP contribution >= 0.6 is 0 Å². The van der Waals surface area contributed by atoms with Gasteiger partial charge in [0.15, 0.2) is 11.5 Å². The average Bonchev–Trinajstić information content (AvgIpc) is 3.08. The Morgan fingerprint density at radius 2 is 2.12 bits per heavy atom. The van der Waals surface area contributed by atoms with E-state index in [0.717, 1.165) is 24.3 Å². The predicted octanol–water partition coefficient (Wildman–Crippen LogP) is 2.16. The van der Waals surface area contributed by atoms with Crippen LogP contribution in [0.15, 0.2) is 18.2 Å². The lowest BCUT2D eigenvalue weighted by molar-refractivity contribution is -0.120. The highest BCUT2D eigenvalue weighted by Crippen LogP contribution is 2.35. The van der Waals surface area contributed by atoms with Gasteiger partial charge in [0.25, 0.3) is 0 Å². The van der Waals surface area contributed by atoms with Gasteiger partial charge in [-0.1, -0.05) is 0 Å². The third kappa shape index (κ3) is 2.35. The second-order valence-corrected chi connectivity index (χ2v) is 4.35. The zero-order chi connectivity index (χ0) is 11.7. The van der Waals surface area contributed by atoms with E-state index in [-0.39, 0.29) is 6.79 Å². The van der Waals surface area contributed by atoms with Crippen LogP contribution in [0.2, 0.25) is 0 Å². The van der Waals surface area contributed by atoms with Crippen LogP contribution in [0.4, 0.5) is 0 Å². The maximum Gasteiger partial charge on any atom is 0.231 e. The van der Waals surface area contributed by atoms with Crippen molar-refractivity contribution in [1.82, 2.24) is 0 Å². The fourth-order valence-corrected chi connectivity index (χ4v) is 1.85.